The normalized spacial score (nSPS) is 25.6. The van der Waals surface area contributed by atoms with Gasteiger partial charge in [0.1, 0.15) is 6.10 Å². The van der Waals surface area contributed by atoms with Gasteiger partial charge in [-0.05, 0) is 30.7 Å². The minimum absolute atomic E-state index is 0.0611. The van der Waals surface area contributed by atoms with Crippen molar-refractivity contribution in [2.75, 3.05) is 20.3 Å². The van der Waals surface area contributed by atoms with E-state index in [2.05, 4.69) is 16.3 Å². The highest BCUT2D eigenvalue weighted by atomic mass is 32.1. The van der Waals surface area contributed by atoms with Crippen LogP contribution in [0.5, 0.6) is 0 Å². The monoisotopic (exact) mass is 383 g/mol. The number of ether oxygens (including phenoxy) is 2. The Labute approximate surface area is 161 Å². The Kier molecular flexibility index (Phi) is 4.22. The number of morpholine rings is 1. The van der Waals surface area contributed by atoms with E-state index >= 15 is 0 Å². The summed E-state index contributed by atoms with van der Waals surface area (Å²) in [5.74, 6) is 0.565. The summed E-state index contributed by atoms with van der Waals surface area (Å²) in [6.07, 6.45) is 3.43. The largest absolute Gasteiger partial charge is 0.459 e. The maximum absolute atomic E-state index is 13.0. The first-order chi connectivity index (χ1) is 13.2. The lowest BCUT2D eigenvalue weighted by atomic mass is 9.92. The van der Waals surface area contributed by atoms with Crippen molar-refractivity contribution in [1.29, 1.82) is 0 Å². The molecular weight excluding hydrogens is 362 g/mol. The lowest BCUT2D eigenvalue weighted by Crippen LogP contribution is -2.56. The van der Waals surface area contributed by atoms with E-state index < -0.39 is 0 Å². The molecule has 0 aliphatic carbocycles. The lowest BCUT2D eigenvalue weighted by Gasteiger charge is -2.46. The molecule has 7 heteroatoms. The van der Waals surface area contributed by atoms with Crippen molar-refractivity contribution in [2.24, 2.45) is 0 Å². The molecule has 1 aromatic carbocycles. The van der Waals surface area contributed by atoms with Crippen molar-refractivity contribution >= 4 is 28.4 Å². The highest BCUT2D eigenvalue weighted by Gasteiger charge is 2.38. The molecule has 2 aliphatic rings. The zero-order valence-electron chi connectivity index (χ0n) is 15.1. The lowest BCUT2D eigenvalue weighted by molar-refractivity contribution is -0.0970. The quantitative estimate of drug-likeness (QED) is 0.651. The predicted molar refractivity (Wildman–Crippen MR) is 104 cm³/mol. The van der Waals surface area contributed by atoms with Gasteiger partial charge in [0.15, 0.2) is 5.82 Å². The van der Waals surface area contributed by atoms with E-state index in [1.165, 1.54) is 11.5 Å². The molecule has 3 aromatic rings. The van der Waals surface area contributed by atoms with Gasteiger partial charge < -0.3 is 9.47 Å². The molecule has 4 heterocycles. The Morgan fingerprint density at radius 2 is 2.00 bits per heavy atom. The van der Waals surface area contributed by atoms with E-state index in [0.29, 0.717) is 30.9 Å². The molecule has 0 saturated carbocycles. The predicted octanol–water partition coefficient (Wildman–Crippen LogP) is 3.11. The summed E-state index contributed by atoms with van der Waals surface area (Å²) in [5, 5.41) is 2.83. The number of carbonyl (C=O) groups excluding carboxylic acids is 1. The van der Waals surface area contributed by atoms with Crippen LogP contribution in [0.4, 0.5) is 0 Å². The third kappa shape index (κ3) is 2.96. The molecule has 0 spiro atoms. The molecule has 140 valence electrons. The van der Waals surface area contributed by atoms with Gasteiger partial charge in [0.25, 0.3) is 0 Å². The van der Waals surface area contributed by atoms with Gasteiger partial charge in [-0.15, -0.1) is 0 Å². The summed E-state index contributed by atoms with van der Waals surface area (Å²) < 4.78 is 18.0. The number of benzene rings is 1. The number of esters is 1. The average molecular weight is 383 g/mol. The molecule has 2 aliphatic heterocycles. The van der Waals surface area contributed by atoms with E-state index in [-0.39, 0.29) is 12.1 Å². The molecule has 2 fully saturated rings. The Hall–Kier alpha value is -2.22. The van der Waals surface area contributed by atoms with Crippen molar-refractivity contribution in [3.05, 3.63) is 47.5 Å². The Bertz CT molecular complexity index is 954. The van der Waals surface area contributed by atoms with Gasteiger partial charge in [-0.25, -0.2) is 4.79 Å². The first-order valence-electron chi connectivity index (χ1n) is 9.22. The van der Waals surface area contributed by atoms with Gasteiger partial charge in [-0.2, -0.15) is 4.37 Å². The van der Waals surface area contributed by atoms with E-state index in [9.17, 15) is 4.79 Å². The highest BCUT2D eigenvalue weighted by molar-refractivity contribution is 7.03. The third-order valence-electron chi connectivity index (χ3n) is 5.72. The maximum atomic E-state index is 13.0. The van der Waals surface area contributed by atoms with Crippen LogP contribution < -0.4 is 0 Å². The summed E-state index contributed by atoms with van der Waals surface area (Å²) in [7, 11) is 2.14. The number of fused-ring (bicyclic) bond motifs is 3. The van der Waals surface area contributed by atoms with Gasteiger partial charge in [0.2, 0.25) is 0 Å². The first-order valence-corrected chi connectivity index (χ1v) is 10.1. The smallest absolute Gasteiger partial charge is 0.340 e. The number of nitrogens with zero attached hydrogens (tertiary/aromatic N) is 3. The van der Waals surface area contributed by atoms with Crippen molar-refractivity contribution < 1.29 is 14.3 Å². The van der Waals surface area contributed by atoms with Gasteiger partial charge in [0.05, 0.1) is 24.3 Å². The van der Waals surface area contributed by atoms with Crippen LogP contribution >= 0.6 is 11.5 Å². The second kappa shape index (κ2) is 6.74. The van der Waals surface area contributed by atoms with E-state index in [1.54, 1.807) is 0 Å². The van der Waals surface area contributed by atoms with Gasteiger partial charge in [0, 0.05) is 41.9 Å². The molecule has 5 rings (SSSR count). The Morgan fingerprint density at radius 1 is 1.22 bits per heavy atom. The zero-order chi connectivity index (χ0) is 18.4. The molecule has 2 bridgehead atoms. The summed E-state index contributed by atoms with van der Waals surface area (Å²) in [5.41, 5.74) is 1.56. The van der Waals surface area contributed by atoms with E-state index in [4.69, 9.17) is 9.47 Å². The molecule has 2 aromatic heterocycles. The summed E-state index contributed by atoms with van der Waals surface area (Å²) in [6, 6.07) is 10.5. The number of hydrogen-bond donors (Lipinski definition) is 0. The van der Waals surface area contributed by atoms with Crippen molar-refractivity contribution in [3.63, 3.8) is 0 Å². The topological polar surface area (TPSA) is 56.6 Å². The van der Waals surface area contributed by atoms with Gasteiger partial charge in [-0.3, -0.25) is 9.47 Å². The van der Waals surface area contributed by atoms with Crippen molar-refractivity contribution in [2.45, 2.75) is 31.0 Å². The number of carbonyl (C=O) groups is 1. The van der Waals surface area contributed by atoms with Crippen LogP contribution in [0, 0.1) is 0 Å². The Balaban J connectivity index is 1.43. The minimum Gasteiger partial charge on any atom is -0.459 e. The molecule has 0 unspecified atom stereocenters. The second-order valence-electron chi connectivity index (χ2n) is 7.30. The van der Waals surface area contributed by atoms with Gasteiger partial charge >= 0.3 is 5.97 Å². The first kappa shape index (κ1) is 16.9. The second-order valence-corrected chi connectivity index (χ2v) is 7.96. The zero-order valence-corrected chi connectivity index (χ0v) is 15.9. The van der Waals surface area contributed by atoms with Crippen LogP contribution in [0.15, 0.2) is 41.9 Å². The number of likely N-dealkylation sites (N-methyl/N-ethyl adjacent to an activating group) is 1. The summed E-state index contributed by atoms with van der Waals surface area (Å²) in [6.45, 7) is 1.42. The maximum Gasteiger partial charge on any atom is 0.340 e. The van der Waals surface area contributed by atoms with Crippen LogP contribution in [0.2, 0.25) is 0 Å². The summed E-state index contributed by atoms with van der Waals surface area (Å²) >= 11 is 1.40. The van der Waals surface area contributed by atoms with Crippen LogP contribution in [0.1, 0.15) is 23.2 Å². The van der Waals surface area contributed by atoms with Crippen LogP contribution in [0.3, 0.4) is 0 Å². The van der Waals surface area contributed by atoms with Crippen LogP contribution in [-0.2, 0) is 9.47 Å². The number of hydrogen-bond acceptors (Lipinski definition) is 6. The van der Waals surface area contributed by atoms with Gasteiger partial charge in [-0.1, -0.05) is 18.2 Å². The number of rotatable bonds is 3. The fraction of sp³-hybridized carbons (Fsp3) is 0.400. The minimum atomic E-state index is -0.256. The highest BCUT2D eigenvalue weighted by Crippen LogP contribution is 2.30. The molecule has 0 radical (unpaired) electrons. The average Bonchev–Trinajstić information content (AvgIpc) is 3.30. The fourth-order valence-corrected chi connectivity index (χ4v) is 4.72. The molecule has 2 saturated heterocycles. The standard InChI is InChI=1S/C20H21N3O3S/c1-22-13-8-15(9-14(22)12-25-11-13)26-20(24)17-10-23(19-6-7-27-21-19)18-5-3-2-4-16(17)18/h2-7,10,13-15H,8-9,11-12H2,1H3/t13-,14+,15-. The van der Waals surface area contributed by atoms with E-state index in [0.717, 1.165) is 29.6 Å². The molecule has 0 amide bonds. The number of para-hydroxylation sites is 1. The van der Waals surface area contributed by atoms with Crippen molar-refractivity contribution in [3.8, 4) is 5.82 Å². The molecule has 0 N–H and O–H groups in total. The molecule has 6 nitrogen and oxygen atoms in total. The summed E-state index contributed by atoms with van der Waals surface area (Å²) in [4.78, 5) is 15.4. The molecule has 3 atom stereocenters. The SMILES string of the molecule is CN1[C@@H]2COC[C@H]1C[C@@H](OC(=O)c1cn(-c3ccsn3)c3ccccc13)C2. The fourth-order valence-electron chi connectivity index (χ4n) is 4.22. The molecular formula is C20H21N3O3S. The number of aromatic nitrogens is 2. The van der Waals surface area contributed by atoms with Crippen LogP contribution in [-0.4, -0.2) is 58.3 Å². The third-order valence-corrected chi connectivity index (χ3v) is 6.27. The van der Waals surface area contributed by atoms with E-state index in [1.807, 2.05) is 46.5 Å². The molecule has 27 heavy (non-hydrogen) atoms. The number of piperidine rings is 1. The van der Waals surface area contributed by atoms with Crippen LogP contribution in [0.25, 0.3) is 16.7 Å². The van der Waals surface area contributed by atoms with Crippen molar-refractivity contribution in [1.82, 2.24) is 13.8 Å². The Morgan fingerprint density at radius 3 is 2.74 bits per heavy atom.